The lowest BCUT2D eigenvalue weighted by atomic mass is 10.1. The minimum atomic E-state index is 0.222. The van der Waals surface area contributed by atoms with Gasteiger partial charge >= 0.3 is 0 Å². The molecule has 1 unspecified atom stereocenters. The van der Waals surface area contributed by atoms with E-state index in [1.165, 1.54) is 0 Å². The Morgan fingerprint density at radius 2 is 2.29 bits per heavy atom. The smallest absolute Gasteiger partial charge is 0.229 e. The van der Waals surface area contributed by atoms with Gasteiger partial charge in [-0.05, 0) is 19.9 Å². The molecule has 0 amide bonds. The Kier molecular flexibility index (Phi) is 3.86. The van der Waals surface area contributed by atoms with Gasteiger partial charge in [0.25, 0.3) is 0 Å². The van der Waals surface area contributed by atoms with Crippen molar-refractivity contribution < 1.29 is 4.52 Å². The van der Waals surface area contributed by atoms with E-state index in [1.54, 1.807) is 11.3 Å². The fraction of sp³-hybridized carbons (Fsp3) is 0.545. The van der Waals surface area contributed by atoms with Crippen LogP contribution < -0.4 is 5.73 Å². The summed E-state index contributed by atoms with van der Waals surface area (Å²) in [5.41, 5.74) is 6.53. The Hall–Kier alpha value is -1.27. The summed E-state index contributed by atoms with van der Waals surface area (Å²) < 4.78 is 5.22. The summed E-state index contributed by atoms with van der Waals surface area (Å²) in [6.07, 6.45) is 1.50. The van der Waals surface area contributed by atoms with Crippen molar-refractivity contribution in [1.29, 1.82) is 0 Å². The number of aryl methyl sites for hydroxylation is 1. The van der Waals surface area contributed by atoms with Gasteiger partial charge in [-0.1, -0.05) is 12.1 Å². The van der Waals surface area contributed by atoms with Gasteiger partial charge in [-0.2, -0.15) is 4.98 Å². The van der Waals surface area contributed by atoms with Crippen molar-refractivity contribution in [1.82, 2.24) is 15.1 Å². The van der Waals surface area contributed by atoms with E-state index in [-0.39, 0.29) is 5.92 Å². The van der Waals surface area contributed by atoms with E-state index in [0.29, 0.717) is 24.7 Å². The van der Waals surface area contributed by atoms with E-state index in [4.69, 9.17) is 10.3 Å². The highest BCUT2D eigenvalue weighted by atomic mass is 32.1. The molecule has 0 aliphatic carbocycles. The van der Waals surface area contributed by atoms with Crippen LogP contribution in [0.2, 0.25) is 0 Å². The molecule has 2 N–H and O–H groups in total. The predicted molar refractivity (Wildman–Crippen MR) is 66.0 cm³/mol. The largest absolute Gasteiger partial charge is 0.339 e. The number of hydrogen-bond acceptors (Lipinski definition) is 6. The Morgan fingerprint density at radius 3 is 2.94 bits per heavy atom. The lowest BCUT2D eigenvalue weighted by molar-refractivity contribution is 0.351. The third kappa shape index (κ3) is 3.10. The summed E-state index contributed by atoms with van der Waals surface area (Å²) >= 11 is 1.62. The van der Waals surface area contributed by atoms with Crippen LogP contribution >= 0.6 is 11.3 Å². The molecule has 2 rings (SSSR count). The molecule has 17 heavy (non-hydrogen) atoms. The van der Waals surface area contributed by atoms with Crippen LogP contribution in [0.15, 0.2) is 9.90 Å². The number of nitrogens with zero attached hydrogens (tertiary/aromatic N) is 3. The molecule has 2 aromatic rings. The van der Waals surface area contributed by atoms with Gasteiger partial charge in [0, 0.05) is 17.0 Å². The normalized spacial score (nSPS) is 12.9. The first-order valence-electron chi connectivity index (χ1n) is 5.62. The first-order chi connectivity index (χ1) is 8.19. The third-order valence-electron chi connectivity index (χ3n) is 2.48. The molecule has 92 valence electrons. The summed E-state index contributed by atoms with van der Waals surface area (Å²) in [5.74, 6) is 1.58. The van der Waals surface area contributed by atoms with Gasteiger partial charge in [0.15, 0.2) is 5.82 Å². The van der Waals surface area contributed by atoms with E-state index >= 15 is 0 Å². The Morgan fingerprint density at radius 1 is 1.47 bits per heavy atom. The molecule has 0 bridgehead atoms. The van der Waals surface area contributed by atoms with Crippen LogP contribution in [-0.4, -0.2) is 21.7 Å². The van der Waals surface area contributed by atoms with Gasteiger partial charge < -0.3 is 10.3 Å². The van der Waals surface area contributed by atoms with E-state index in [0.717, 1.165) is 17.1 Å². The van der Waals surface area contributed by atoms with Crippen LogP contribution in [0, 0.1) is 6.92 Å². The van der Waals surface area contributed by atoms with Gasteiger partial charge in [0.2, 0.25) is 5.89 Å². The molecule has 0 aromatic carbocycles. The molecule has 5 nitrogen and oxygen atoms in total. The molecule has 1 atom stereocenters. The first-order valence-corrected chi connectivity index (χ1v) is 6.50. The lowest BCUT2D eigenvalue weighted by Gasteiger charge is -2.01. The minimum Gasteiger partial charge on any atom is -0.339 e. The van der Waals surface area contributed by atoms with Gasteiger partial charge in [-0.3, -0.25) is 0 Å². The predicted octanol–water partition coefficient (Wildman–Crippen LogP) is 1.88. The van der Waals surface area contributed by atoms with Gasteiger partial charge in [0.05, 0.1) is 6.42 Å². The van der Waals surface area contributed by atoms with Crippen LogP contribution in [0.4, 0.5) is 0 Å². The van der Waals surface area contributed by atoms with Crippen molar-refractivity contribution in [2.24, 2.45) is 5.73 Å². The van der Waals surface area contributed by atoms with Gasteiger partial charge in [-0.25, -0.2) is 4.98 Å². The highest BCUT2D eigenvalue weighted by Gasteiger charge is 2.14. The molecule has 0 saturated carbocycles. The van der Waals surface area contributed by atoms with Crippen molar-refractivity contribution in [3.8, 4) is 0 Å². The summed E-state index contributed by atoms with van der Waals surface area (Å²) in [5, 5.41) is 7.00. The maximum Gasteiger partial charge on any atom is 0.229 e. The van der Waals surface area contributed by atoms with Crippen molar-refractivity contribution in [3.63, 3.8) is 0 Å². The number of rotatable bonds is 5. The van der Waals surface area contributed by atoms with E-state index in [9.17, 15) is 0 Å². The SMILES string of the molecule is Cc1csc(Cc2noc(C(C)CCN)n2)n1. The summed E-state index contributed by atoms with van der Waals surface area (Å²) in [7, 11) is 0. The van der Waals surface area contributed by atoms with E-state index in [1.807, 2.05) is 19.2 Å². The standard InChI is InChI=1S/C11H16N4OS/c1-7(3-4-12)11-14-9(15-16-11)5-10-13-8(2)6-17-10/h6-7H,3-5,12H2,1-2H3. The maximum absolute atomic E-state index is 5.50. The molecule has 0 spiro atoms. The molecular formula is C11H16N4OS. The van der Waals surface area contributed by atoms with Crippen LogP contribution in [-0.2, 0) is 6.42 Å². The third-order valence-corrected chi connectivity index (χ3v) is 3.45. The quantitative estimate of drug-likeness (QED) is 0.879. The molecule has 0 fully saturated rings. The van der Waals surface area contributed by atoms with Gasteiger partial charge in [-0.15, -0.1) is 11.3 Å². The van der Waals surface area contributed by atoms with E-state index < -0.39 is 0 Å². The molecule has 2 heterocycles. The molecule has 0 aliphatic rings. The lowest BCUT2D eigenvalue weighted by Crippen LogP contribution is -2.04. The molecular weight excluding hydrogens is 236 g/mol. The Balaban J connectivity index is 2.03. The monoisotopic (exact) mass is 252 g/mol. The van der Waals surface area contributed by atoms with Crippen LogP contribution in [0.3, 0.4) is 0 Å². The summed E-state index contributed by atoms with van der Waals surface area (Å²) in [6, 6.07) is 0. The summed E-state index contributed by atoms with van der Waals surface area (Å²) in [6.45, 7) is 4.65. The van der Waals surface area contributed by atoms with Crippen LogP contribution in [0.1, 0.15) is 41.7 Å². The zero-order valence-corrected chi connectivity index (χ0v) is 10.8. The number of nitrogens with two attached hydrogens (primary N) is 1. The number of aromatic nitrogens is 3. The zero-order chi connectivity index (χ0) is 12.3. The zero-order valence-electron chi connectivity index (χ0n) is 10.0. The van der Waals surface area contributed by atoms with Crippen molar-refractivity contribution >= 4 is 11.3 Å². The molecule has 0 saturated heterocycles. The Bertz CT molecular complexity index is 479. The van der Waals surface area contributed by atoms with Crippen LogP contribution in [0.5, 0.6) is 0 Å². The second-order valence-corrected chi connectivity index (χ2v) is 5.03. The highest BCUT2D eigenvalue weighted by molar-refractivity contribution is 7.09. The first kappa shape index (κ1) is 12.2. The highest BCUT2D eigenvalue weighted by Crippen LogP contribution is 2.18. The second kappa shape index (κ2) is 5.37. The second-order valence-electron chi connectivity index (χ2n) is 4.09. The average molecular weight is 252 g/mol. The number of thiazole rings is 1. The van der Waals surface area contributed by atoms with Crippen molar-refractivity contribution in [3.05, 3.63) is 27.8 Å². The van der Waals surface area contributed by atoms with Crippen LogP contribution in [0.25, 0.3) is 0 Å². The molecule has 0 aliphatic heterocycles. The Labute approximate surface area is 104 Å². The van der Waals surface area contributed by atoms with Crippen molar-refractivity contribution in [2.45, 2.75) is 32.6 Å². The maximum atomic E-state index is 5.50. The van der Waals surface area contributed by atoms with Crippen molar-refractivity contribution in [2.75, 3.05) is 6.54 Å². The molecule has 0 radical (unpaired) electrons. The average Bonchev–Trinajstić information content (AvgIpc) is 2.89. The topological polar surface area (TPSA) is 77.8 Å². The fourth-order valence-corrected chi connectivity index (χ4v) is 2.30. The summed E-state index contributed by atoms with van der Waals surface area (Å²) in [4.78, 5) is 8.74. The van der Waals surface area contributed by atoms with E-state index in [2.05, 4.69) is 15.1 Å². The fourth-order valence-electron chi connectivity index (χ4n) is 1.53. The van der Waals surface area contributed by atoms with Gasteiger partial charge in [0.1, 0.15) is 5.01 Å². The number of hydrogen-bond donors (Lipinski definition) is 1. The minimum absolute atomic E-state index is 0.222. The molecule has 6 heteroatoms. The molecule has 2 aromatic heterocycles.